The summed E-state index contributed by atoms with van der Waals surface area (Å²) in [5, 5.41) is 3.05. The molecule has 1 aromatic rings. The summed E-state index contributed by atoms with van der Waals surface area (Å²) in [6.45, 7) is 10.8. The Balaban J connectivity index is 1.53. The molecule has 6 heteroatoms. The van der Waals surface area contributed by atoms with Gasteiger partial charge in [-0.2, -0.15) is 0 Å². The molecule has 176 valence electrons. The molecule has 1 N–H and O–H groups in total. The van der Waals surface area contributed by atoms with Crippen molar-refractivity contribution in [3.63, 3.8) is 0 Å². The minimum Gasteiger partial charge on any atom is -0.484 e. The van der Waals surface area contributed by atoms with Crippen LogP contribution in [-0.4, -0.2) is 68.0 Å². The molecule has 0 spiro atoms. The summed E-state index contributed by atoms with van der Waals surface area (Å²) in [7, 11) is 2.11. The van der Waals surface area contributed by atoms with E-state index >= 15 is 0 Å². The van der Waals surface area contributed by atoms with Gasteiger partial charge >= 0.3 is 0 Å². The SMILES string of the molecule is CC1=CC(CNC(=O)COc2ccccc2)C(C(C)C)CC1CC(=O)N1CCN(C)CC1. The summed E-state index contributed by atoms with van der Waals surface area (Å²) >= 11 is 0. The summed E-state index contributed by atoms with van der Waals surface area (Å²) < 4.78 is 5.56. The van der Waals surface area contributed by atoms with E-state index in [0.717, 1.165) is 32.6 Å². The highest BCUT2D eigenvalue weighted by Crippen LogP contribution is 2.39. The average Bonchev–Trinajstić information content (AvgIpc) is 2.78. The fourth-order valence-electron chi connectivity index (χ4n) is 4.85. The van der Waals surface area contributed by atoms with E-state index in [0.29, 0.717) is 36.5 Å². The maximum atomic E-state index is 12.9. The van der Waals surface area contributed by atoms with Gasteiger partial charge in [0.25, 0.3) is 5.91 Å². The Morgan fingerprint density at radius 2 is 1.81 bits per heavy atom. The van der Waals surface area contributed by atoms with Crippen molar-refractivity contribution in [2.75, 3.05) is 46.4 Å². The van der Waals surface area contributed by atoms with Crippen LogP contribution >= 0.6 is 0 Å². The van der Waals surface area contributed by atoms with E-state index < -0.39 is 0 Å². The van der Waals surface area contributed by atoms with Crippen LogP contribution in [0.25, 0.3) is 0 Å². The second-order valence-electron chi connectivity index (χ2n) is 9.71. The molecular weight excluding hydrogens is 402 g/mol. The van der Waals surface area contributed by atoms with Gasteiger partial charge in [0.15, 0.2) is 6.61 Å². The molecule has 1 saturated heterocycles. The number of piperazine rings is 1. The van der Waals surface area contributed by atoms with Crippen molar-refractivity contribution in [3.05, 3.63) is 42.0 Å². The summed E-state index contributed by atoms with van der Waals surface area (Å²) in [4.78, 5) is 29.5. The van der Waals surface area contributed by atoms with Gasteiger partial charge in [-0.05, 0) is 56.2 Å². The van der Waals surface area contributed by atoms with E-state index in [1.165, 1.54) is 5.57 Å². The van der Waals surface area contributed by atoms with Crippen molar-refractivity contribution in [2.45, 2.75) is 33.6 Å². The van der Waals surface area contributed by atoms with E-state index in [-0.39, 0.29) is 24.3 Å². The van der Waals surface area contributed by atoms with Gasteiger partial charge in [-0.15, -0.1) is 0 Å². The molecule has 1 fully saturated rings. The number of carbonyl (C=O) groups excluding carboxylic acids is 2. The molecule has 0 aromatic heterocycles. The van der Waals surface area contributed by atoms with Gasteiger partial charge in [-0.3, -0.25) is 9.59 Å². The zero-order valence-electron chi connectivity index (χ0n) is 20.0. The molecule has 0 bridgehead atoms. The molecule has 32 heavy (non-hydrogen) atoms. The summed E-state index contributed by atoms with van der Waals surface area (Å²) in [5.41, 5.74) is 1.28. The Morgan fingerprint density at radius 1 is 1.12 bits per heavy atom. The number of carbonyl (C=O) groups is 2. The van der Waals surface area contributed by atoms with Crippen molar-refractivity contribution in [2.24, 2.45) is 23.7 Å². The molecule has 0 saturated carbocycles. The summed E-state index contributed by atoms with van der Waals surface area (Å²) in [6.07, 6.45) is 3.90. The molecule has 1 heterocycles. The second-order valence-corrected chi connectivity index (χ2v) is 9.71. The standard InChI is InChI=1S/C26H39N3O3/c1-19(2)24-15-21(16-26(31)29-12-10-28(4)11-13-29)20(3)14-22(24)17-27-25(30)18-32-23-8-6-5-7-9-23/h5-9,14,19,21-22,24H,10-13,15-18H2,1-4H3,(H,27,30). The molecular formula is C26H39N3O3. The van der Waals surface area contributed by atoms with Gasteiger partial charge < -0.3 is 19.9 Å². The molecule has 3 rings (SSSR count). The number of allylic oxidation sites excluding steroid dienone is 1. The van der Waals surface area contributed by atoms with Crippen molar-refractivity contribution in [1.82, 2.24) is 15.1 Å². The van der Waals surface area contributed by atoms with Crippen LogP contribution in [0.1, 0.15) is 33.6 Å². The maximum Gasteiger partial charge on any atom is 0.257 e. The predicted molar refractivity (Wildman–Crippen MR) is 127 cm³/mol. The monoisotopic (exact) mass is 441 g/mol. The lowest BCUT2D eigenvalue weighted by molar-refractivity contribution is -0.133. The second kappa shape index (κ2) is 11.5. The number of rotatable bonds is 8. The first-order valence-electron chi connectivity index (χ1n) is 11.9. The topological polar surface area (TPSA) is 61.9 Å². The Kier molecular flexibility index (Phi) is 8.74. The van der Waals surface area contributed by atoms with Crippen molar-refractivity contribution < 1.29 is 14.3 Å². The van der Waals surface area contributed by atoms with Crippen molar-refractivity contribution >= 4 is 11.8 Å². The molecule has 6 nitrogen and oxygen atoms in total. The zero-order chi connectivity index (χ0) is 23.1. The highest BCUT2D eigenvalue weighted by atomic mass is 16.5. The predicted octanol–water partition coefficient (Wildman–Crippen LogP) is 3.20. The van der Waals surface area contributed by atoms with Crippen LogP contribution in [-0.2, 0) is 9.59 Å². The number of hydrogen-bond donors (Lipinski definition) is 1. The summed E-state index contributed by atoms with van der Waals surface area (Å²) in [6, 6.07) is 9.39. The van der Waals surface area contributed by atoms with E-state index in [1.807, 2.05) is 35.2 Å². The molecule has 1 aromatic carbocycles. The molecule has 2 amide bonds. The maximum absolute atomic E-state index is 12.9. The van der Waals surface area contributed by atoms with E-state index in [2.05, 4.69) is 44.1 Å². The van der Waals surface area contributed by atoms with Crippen LogP contribution in [0.4, 0.5) is 0 Å². The van der Waals surface area contributed by atoms with E-state index in [4.69, 9.17) is 4.74 Å². The lowest BCUT2D eigenvalue weighted by Gasteiger charge is -2.38. The van der Waals surface area contributed by atoms with Crippen LogP contribution in [0.2, 0.25) is 0 Å². The number of amides is 2. The minimum absolute atomic E-state index is 0.0218. The van der Waals surface area contributed by atoms with Crippen LogP contribution in [0.15, 0.2) is 42.0 Å². The largest absolute Gasteiger partial charge is 0.484 e. The highest BCUT2D eigenvalue weighted by molar-refractivity contribution is 5.77. The first-order valence-corrected chi connectivity index (χ1v) is 11.9. The third kappa shape index (κ3) is 6.83. The Bertz CT molecular complexity index is 785. The van der Waals surface area contributed by atoms with Crippen LogP contribution in [0, 0.1) is 23.7 Å². The summed E-state index contributed by atoms with van der Waals surface area (Å²) in [5.74, 6) is 2.39. The number of likely N-dealkylation sites (N-methyl/N-ethyl adjacent to an activating group) is 1. The average molecular weight is 442 g/mol. The minimum atomic E-state index is -0.102. The van der Waals surface area contributed by atoms with Crippen molar-refractivity contribution in [3.8, 4) is 5.75 Å². The molecule has 3 unspecified atom stereocenters. The lowest BCUT2D eigenvalue weighted by atomic mass is 9.69. The first kappa shape index (κ1) is 24.3. The Labute approximate surface area is 193 Å². The fourth-order valence-corrected chi connectivity index (χ4v) is 4.85. The van der Waals surface area contributed by atoms with Gasteiger partial charge in [0.1, 0.15) is 5.75 Å². The highest BCUT2D eigenvalue weighted by Gasteiger charge is 2.33. The third-order valence-electron chi connectivity index (χ3n) is 7.01. The van der Waals surface area contributed by atoms with Crippen molar-refractivity contribution in [1.29, 1.82) is 0 Å². The fraction of sp³-hybridized carbons (Fsp3) is 0.615. The number of hydrogen-bond acceptors (Lipinski definition) is 4. The number of para-hydroxylation sites is 1. The van der Waals surface area contributed by atoms with Gasteiger partial charge in [0.2, 0.25) is 5.91 Å². The van der Waals surface area contributed by atoms with Crippen LogP contribution in [0.5, 0.6) is 5.75 Å². The first-order chi connectivity index (χ1) is 15.3. The lowest BCUT2D eigenvalue weighted by Crippen LogP contribution is -2.47. The molecule has 1 aliphatic heterocycles. The Hall–Kier alpha value is -2.34. The van der Waals surface area contributed by atoms with Gasteiger partial charge in [0, 0.05) is 39.1 Å². The number of benzene rings is 1. The van der Waals surface area contributed by atoms with Gasteiger partial charge in [-0.1, -0.05) is 43.7 Å². The van der Waals surface area contributed by atoms with E-state index in [9.17, 15) is 9.59 Å². The number of nitrogens with one attached hydrogen (secondary N) is 1. The molecule has 0 radical (unpaired) electrons. The van der Waals surface area contributed by atoms with Gasteiger partial charge in [0.05, 0.1) is 0 Å². The number of nitrogens with zero attached hydrogens (tertiary/aromatic N) is 2. The number of ether oxygens (including phenoxy) is 1. The van der Waals surface area contributed by atoms with Crippen LogP contribution in [0.3, 0.4) is 0 Å². The smallest absolute Gasteiger partial charge is 0.257 e. The zero-order valence-corrected chi connectivity index (χ0v) is 20.0. The van der Waals surface area contributed by atoms with Crippen LogP contribution < -0.4 is 10.1 Å². The third-order valence-corrected chi connectivity index (χ3v) is 7.01. The van der Waals surface area contributed by atoms with E-state index in [1.54, 1.807) is 0 Å². The van der Waals surface area contributed by atoms with Gasteiger partial charge in [-0.25, -0.2) is 0 Å². The normalized spacial score (nSPS) is 24.2. The molecule has 1 aliphatic carbocycles. The Morgan fingerprint density at radius 3 is 2.47 bits per heavy atom. The molecule has 2 aliphatic rings. The quantitative estimate of drug-likeness (QED) is 0.630. The molecule has 3 atom stereocenters.